The molecule has 4 aliphatic rings. The Hall–Kier alpha value is -1.09. The fourth-order valence-electron chi connectivity index (χ4n) is 8.22. The van der Waals surface area contributed by atoms with E-state index >= 15 is 0 Å². The summed E-state index contributed by atoms with van der Waals surface area (Å²) in [6.07, 6.45) is 10.9. The van der Waals surface area contributed by atoms with Crippen LogP contribution >= 0.6 is 0 Å². The molecule has 3 fully saturated rings. The van der Waals surface area contributed by atoms with Crippen molar-refractivity contribution in [3.05, 3.63) is 23.8 Å². The Kier molecular flexibility index (Phi) is 4.85. The molecule has 3 nitrogen and oxygen atoms in total. The summed E-state index contributed by atoms with van der Waals surface area (Å²) in [6, 6.07) is 0. The molecule has 0 amide bonds. The molecule has 6 atom stereocenters. The number of fused-ring (bicyclic) bond motifs is 3. The van der Waals surface area contributed by atoms with E-state index in [-0.39, 0.29) is 24.1 Å². The fourth-order valence-corrected chi connectivity index (χ4v) is 8.22. The van der Waals surface area contributed by atoms with Gasteiger partial charge in [-0.05, 0) is 78.9 Å². The molecule has 1 aliphatic heterocycles. The van der Waals surface area contributed by atoms with E-state index in [9.17, 15) is 9.90 Å². The third-order valence-electron chi connectivity index (χ3n) is 9.49. The summed E-state index contributed by atoms with van der Waals surface area (Å²) in [5, 5.41) is 9.68. The minimum absolute atomic E-state index is 0.0935. The highest BCUT2D eigenvalue weighted by Gasteiger charge is 2.61. The second-order valence-electron chi connectivity index (χ2n) is 11.3. The Balaban J connectivity index is 1.64. The maximum atomic E-state index is 11.8. The van der Waals surface area contributed by atoms with E-state index < -0.39 is 0 Å². The van der Waals surface area contributed by atoms with E-state index in [1.165, 1.54) is 50.2 Å². The lowest BCUT2D eigenvalue weighted by Gasteiger charge is -2.66. The zero-order valence-electron chi connectivity index (χ0n) is 18.2. The van der Waals surface area contributed by atoms with Crippen molar-refractivity contribution in [2.24, 2.45) is 34.0 Å². The first-order chi connectivity index (χ1) is 13.1. The number of aliphatic hydroxyl groups is 1. The van der Waals surface area contributed by atoms with Gasteiger partial charge in [0.15, 0.2) is 0 Å². The molecule has 28 heavy (non-hydrogen) atoms. The zero-order chi connectivity index (χ0) is 20.3. The van der Waals surface area contributed by atoms with Gasteiger partial charge in [-0.25, -0.2) is 4.79 Å². The number of hydrogen-bond acceptors (Lipinski definition) is 3. The van der Waals surface area contributed by atoms with Crippen molar-refractivity contribution in [2.75, 3.05) is 6.61 Å². The van der Waals surface area contributed by atoms with Gasteiger partial charge in [-0.3, -0.25) is 0 Å². The molecule has 0 aromatic heterocycles. The number of esters is 1. The number of ether oxygens (including phenoxy) is 1. The van der Waals surface area contributed by atoms with Gasteiger partial charge < -0.3 is 9.84 Å². The van der Waals surface area contributed by atoms with Crippen LogP contribution in [0.5, 0.6) is 0 Å². The third-order valence-corrected chi connectivity index (χ3v) is 9.49. The van der Waals surface area contributed by atoms with Crippen LogP contribution in [0.3, 0.4) is 0 Å². The number of aliphatic hydroxyl groups excluding tert-OH is 1. The standard InChI is InChI=1S/C25H38O3/c1-16-7-8-21-24(4,18(16)14-19-17(15-26)13-22(27)28-19)12-9-20-23(2,3)10-6-11-25(20,21)5/h13,18-21,26H,1,6-12,14-15H2,2-5H3/t18-,19?,20?,21+,24+,25+/m1/s1. The van der Waals surface area contributed by atoms with E-state index in [1.54, 1.807) is 0 Å². The summed E-state index contributed by atoms with van der Waals surface area (Å²) in [4.78, 5) is 11.8. The van der Waals surface area contributed by atoms with Crippen LogP contribution < -0.4 is 0 Å². The normalized spacial score (nSPS) is 45.1. The number of carbonyl (C=O) groups excluding carboxylic acids is 1. The molecule has 2 unspecified atom stereocenters. The summed E-state index contributed by atoms with van der Waals surface area (Å²) >= 11 is 0. The molecule has 0 bridgehead atoms. The molecular formula is C25H38O3. The quantitative estimate of drug-likeness (QED) is 0.519. The van der Waals surface area contributed by atoms with Gasteiger partial charge in [0.25, 0.3) is 0 Å². The van der Waals surface area contributed by atoms with Gasteiger partial charge in [0, 0.05) is 11.6 Å². The first kappa shape index (κ1) is 20.2. The van der Waals surface area contributed by atoms with Gasteiger partial charge in [0.2, 0.25) is 0 Å². The number of carbonyl (C=O) groups is 1. The summed E-state index contributed by atoms with van der Waals surface area (Å²) in [7, 11) is 0. The number of allylic oxidation sites excluding steroid dienone is 1. The molecular weight excluding hydrogens is 348 g/mol. The molecule has 0 aromatic carbocycles. The monoisotopic (exact) mass is 386 g/mol. The first-order valence-electron chi connectivity index (χ1n) is 11.3. The SMILES string of the molecule is C=C1CC[C@H]2[C@@](C)(CCC3C(C)(C)CCC[C@@]32C)[C@@H]1CC1OC(=O)C=C1CO. The largest absolute Gasteiger partial charge is 0.455 e. The summed E-state index contributed by atoms with van der Waals surface area (Å²) in [6.45, 7) is 14.4. The van der Waals surface area contributed by atoms with E-state index in [4.69, 9.17) is 4.74 Å². The topological polar surface area (TPSA) is 46.5 Å². The van der Waals surface area contributed by atoms with Crippen LogP contribution in [-0.2, 0) is 9.53 Å². The van der Waals surface area contributed by atoms with Crippen molar-refractivity contribution >= 4 is 5.97 Å². The van der Waals surface area contributed by atoms with Crippen LogP contribution in [-0.4, -0.2) is 23.8 Å². The summed E-state index contributed by atoms with van der Waals surface area (Å²) < 4.78 is 5.57. The molecule has 1 heterocycles. The average Bonchev–Trinajstić information content (AvgIpc) is 2.96. The Morgan fingerprint density at radius 2 is 1.86 bits per heavy atom. The summed E-state index contributed by atoms with van der Waals surface area (Å²) in [5.41, 5.74) is 3.11. The van der Waals surface area contributed by atoms with Crippen molar-refractivity contribution in [1.82, 2.24) is 0 Å². The van der Waals surface area contributed by atoms with E-state index in [2.05, 4.69) is 34.3 Å². The van der Waals surface area contributed by atoms with Crippen LogP contribution in [0.15, 0.2) is 23.8 Å². The smallest absolute Gasteiger partial charge is 0.331 e. The molecule has 0 spiro atoms. The van der Waals surface area contributed by atoms with Crippen LogP contribution in [0.2, 0.25) is 0 Å². The maximum absolute atomic E-state index is 11.8. The Morgan fingerprint density at radius 3 is 2.57 bits per heavy atom. The van der Waals surface area contributed by atoms with Crippen molar-refractivity contribution in [3.8, 4) is 0 Å². The Bertz CT molecular complexity index is 705. The van der Waals surface area contributed by atoms with Crippen molar-refractivity contribution < 1.29 is 14.6 Å². The van der Waals surface area contributed by atoms with Crippen LogP contribution in [0.25, 0.3) is 0 Å². The molecule has 3 heteroatoms. The molecule has 3 saturated carbocycles. The second kappa shape index (κ2) is 6.72. The highest BCUT2D eigenvalue weighted by molar-refractivity contribution is 5.85. The van der Waals surface area contributed by atoms with Crippen molar-refractivity contribution in [3.63, 3.8) is 0 Å². The van der Waals surface area contributed by atoms with Gasteiger partial charge in [0.05, 0.1) is 6.61 Å². The maximum Gasteiger partial charge on any atom is 0.331 e. The van der Waals surface area contributed by atoms with Gasteiger partial charge in [0.1, 0.15) is 6.10 Å². The lowest BCUT2D eigenvalue weighted by molar-refractivity contribution is -0.159. The minimum Gasteiger partial charge on any atom is -0.455 e. The number of cyclic esters (lactones) is 1. The predicted molar refractivity (Wildman–Crippen MR) is 112 cm³/mol. The zero-order valence-corrected chi connectivity index (χ0v) is 18.2. The molecule has 156 valence electrons. The second-order valence-corrected chi connectivity index (χ2v) is 11.3. The fraction of sp³-hybridized carbons (Fsp3) is 0.800. The van der Waals surface area contributed by atoms with Crippen LogP contribution in [0.1, 0.15) is 79.1 Å². The molecule has 0 saturated heterocycles. The Morgan fingerprint density at radius 1 is 1.11 bits per heavy atom. The highest BCUT2D eigenvalue weighted by atomic mass is 16.5. The van der Waals surface area contributed by atoms with Crippen LogP contribution in [0.4, 0.5) is 0 Å². The van der Waals surface area contributed by atoms with Gasteiger partial charge in [-0.1, -0.05) is 46.3 Å². The molecule has 3 aliphatic carbocycles. The molecule has 1 N–H and O–H groups in total. The van der Waals surface area contributed by atoms with E-state index in [0.29, 0.717) is 22.7 Å². The van der Waals surface area contributed by atoms with Crippen molar-refractivity contribution in [1.29, 1.82) is 0 Å². The Labute approximate surface area is 170 Å². The van der Waals surface area contributed by atoms with Gasteiger partial charge in [-0.15, -0.1) is 0 Å². The summed E-state index contributed by atoms with van der Waals surface area (Å²) in [5.74, 6) is 1.56. The molecule has 0 radical (unpaired) electrons. The first-order valence-corrected chi connectivity index (χ1v) is 11.3. The van der Waals surface area contributed by atoms with Gasteiger partial charge in [-0.2, -0.15) is 0 Å². The number of hydrogen-bond donors (Lipinski definition) is 1. The average molecular weight is 387 g/mol. The minimum atomic E-state index is -0.304. The van der Waals surface area contributed by atoms with E-state index in [1.807, 2.05) is 0 Å². The number of rotatable bonds is 3. The lowest BCUT2D eigenvalue weighted by Crippen LogP contribution is -2.58. The predicted octanol–water partition coefficient (Wildman–Crippen LogP) is 5.44. The lowest BCUT2D eigenvalue weighted by atomic mass is 9.39. The molecule has 4 rings (SSSR count). The highest BCUT2D eigenvalue weighted by Crippen LogP contribution is 2.69. The van der Waals surface area contributed by atoms with Crippen LogP contribution in [0, 0.1) is 34.0 Å². The molecule has 0 aromatic rings. The van der Waals surface area contributed by atoms with Crippen molar-refractivity contribution in [2.45, 2.75) is 85.2 Å². The van der Waals surface area contributed by atoms with Gasteiger partial charge >= 0.3 is 5.97 Å². The van der Waals surface area contributed by atoms with E-state index in [0.717, 1.165) is 24.3 Å². The third kappa shape index (κ3) is 2.91.